The largest absolute Gasteiger partial charge is 0.481 e. The first kappa shape index (κ1) is 18.1. The van der Waals surface area contributed by atoms with Crippen molar-refractivity contribution in [1.29, 1.82) is 0 Å². The summed E-state index contributed by atoms with van der Waals surface area (Å²) < 4.78 is 0. The quantitative estimate of drug-likeness (QED) is 0.608. The summed E-state index contributed by atoms with van der Waals surface area (Å²) in [7, 11) is 0. The Kier molecular flexibility index (Phi) is 9.47. The standard InChI is InChI=1S/C13H26N2O3S/c1-5-11(8-19-4)15-13(18)14-7-10(12(16)17)6-9(2)3/h9-11H,5-8H2,1-4H3,(H,16,17)(H2,14,15,18). The molecule has 0 aromatic heterocycles. The maximum Gasteiger partial charge on any atom is 0.315 e. The van der Waals surface area contributed by atoms with Crippen molar-refractivity contribution in [2.75, 3.05) is 18.6 Å². The number of carbonyl (C=O) groups excluding carboxylic acids is 1. The highest BCUT2D eigenvalue weighted by molar-refractivity contribution is 7.98. The Morgan fingerprint density at radius 1 is 1.32 bits per heavy atom. The molecule has 0 heterocycles. The van der Waals surface area contributed by atoms with Crippen molar-refractivity contribution in [2.24, 2.45) is 11.8 Å². The fourth-order valence-electron chi connectivity index (χ4n) is 1.76. The second kappa shape index (κ2) is 9.95. The first-order valence-electron chi connectivity index (χ1n) is 6.66. The van der Waals surface area contributed by atoms with Crippen LogP contribution in [0.3, 0.4) is 0 Å². The number of amides is 2. The summed E-state index contributed by atoms with van der Waals surface area (Å²) in [5, 5.41) is 14.6. The molecule has 0 rings (SSSR count). The van der Waals surface area contributed by atoms with E-state index < -0.39 is 11.9 Å². The van der Waals surface area contributed by atoms with Crippen LogP contribution < -0.4 is 10.6 Å². The topological polar surface area (TPSA) is 78.4 Å². The molecule has 0 aromatic carbocycles. The van der Waals surface area contributed by atoms with E-state index in [9.17, 15) is 9.59 Å². The van der Waals surface area contributed by atoms with Gasteiger partial charge in [0.05, 0.1) is 5.92 Å². The molecule has 0 spiro atoms. The van der Waals surface area contributed by atoms with Gasteiger partial charge in [0.25, 0.3) is 0 Å². The van der Waals surface area contributed by atoms with E-state index in [2.05, 4.69) is 10.6 Å². The van der Waals surface area contributed by atoms with Crippen molar-refractivity contribution >= 4 is 23.8 Å². The van der Waals surface area contributed by atoms with E-state index in [0.717, 1.165) is 12.2 Å². The Balaban J connectivity index is 4.13. The molecule has 0 bridgehead atoms. The number of carboxylic acids is 1. The molecular formula is C13H26N2O3S. The third-order valence-corrected chi connectivity index (χ3v) is 3.55. The molecule has 19 heavy (non-hydrogen) atoms. The van der Waals surface area contributed by atoms with Crippen molar-refractivity contribution in [3.05, 3.63) is 0 Å². The number of aliphatic carboxylic acids is 1. The molecule has 0 aliphatic heterocycles. The summed E-state index contributed by atoms with van der Waals surface area (Å²) >= 11 is 1.68. The normalized spacial score (nSPS) is 13.9. The van der Waals surface area contributed by atoms with Crippen molar-refractivity contribution in [1.82, 2.24) is 10.6 Å². The number of urea groups is 1. The minimum absolute atomic E-state index is 0.128. The van der Waals surface area contributed by atoms with Gasteiger partial charge in [0.15, 0.2) is 0 Å². The molecule has 5 nitrogen and oxygen atoms in total. The Hall–Kier alpha value is -0.910. The van der Waals surface area contributed by atoms with E-state index in [1.54, 1.807) is 11.8 Å². The van der Waals surface area contributed by atoms with Crippen LogP contribution in [0.25, 0.3) is 0 Å². The molecule has 0 aromatic rings. The van der Waals surface area contributed by atoms with Gasteiger partial charge in [0.2, 0.25) is 0 Å². The Bertz CT molecular complexity index is 285. The molecular weight excluding hydrogens is 264 g/mol. The lowest BCUT2D eigenvalue weighted by molar-refractivity contribution is -0.142. The van der Waals surface area contributed by atoms with Gasteiger partial charge in [-0.3, -0.25) is 4.79 Å². The van der Waals surface area contributed by atoms with Gasteiger partial charge in [-0.25, -0.2) is 4.79 Å². The molecule has 0 aliphatic rings. The summed E-state index contributed by atoms with van der Waals surface area (Å²) in [6, 6.07) is -0.153. The van der Waals surface area contributed by atoms with E-state index in [1.165, 1.54) is 0 Å². The molecule has 0 radical (unpaired) electrons. The van der Waals surface area contributed by atoms with Gasteiger partial charge >= 0.3 is 12.0 Å². The van der Waals surface area contributed by atoms with E-state index in [4.69, 9.17) is 5.11 Å². The van der Waals surface area contributed by atoms with E-state index in [1.807, 2.05) is 27.0 Å². The van der Waals surface area contributed by atoms with Gasteiger partial charge in [-0.2, -0.15) is 11.8 Å². The average molecular weight is 290 g/mol. The van der Waals surface area contributed by atoms with Crippen molar-refractivity contribution in [3.63, 3.8) is 0 Å². The Morgan fingerprint density at radius 3 is 2.37 bits per heavy atom. The number of hydrogen-bond donors (Lipinski definition) is 3. The van der Waals surface area contributed by atoms with Crippen LogP contribution in [-0.2, 0) is 4.79 Å². The van der Waals surface area contributed by atoms with Crippen LogP contribution in [0.15, 0.2) is 0 Å². The second-order valence-electron chi connectivity index (χ2n) is 5.08. The number of nitrogens with one attached hydrogen (secondary N) is 2. The highest BCUT2D eigenvalue weighted by atomic mass is 32.2. The van der Waals surface area contributed by atoms with Crippen molar-refractivity contribution in [3.8, 4) is 0 Å². The predicted molar refractivity (Wildman–Crippen MR) is 79.6 cm³/mol. The van der Waals surface area contributed by atoms with Crippen LogP contribution >= 0.6 is 11.8 Å². The van der Waals surface area contributed by atoms with Crippen LogP contribution in [0.5, 0.6) is 0 Å². The van der Waals surface area contributed by atoms with Gasteiger partial charge < -0.3 is 15.7 Å². The lowest BCUT2D eigenvalue weighted by Crippen LogP contribution is -2.45. The zero-order valence-corrected chi connectivity index (χ0v) is 13.0. The average Bonchev–Trinajstić information content (AvgIpc) is 2.33. The van der Waals surface area contributed by atoms with E-state index >= 15 is 0 Å². The smallest absolute Gasteiger partial charge is 0.315 e. The predicted octanol–water partition coefficient (Wildman–Crippen LogP) is 2.17. The summed E-state index contributed by atoms with van der Waals surface area (Å²) in [6.45, 7) is 6.14. The van der Waals surface area contributed by atoms with E-state index in [-0.39, 0.29) is 18.6 Å². The van der Waals surface area contributed by atoms with Gasteiger partial charge in [0.1, 0.15) is 0 Å². The zero-order chi connectivity index (χ0) is 14.8. The molecule has 0 aliphatic carbocycles. The molecule has 2 atom stereocenters. The molecule has 112 valence electrons. The summed E-state index contributed by atoms with van der Waals surface area (Å²) in [5.74, 6) is -0.222. The van der Waals surface area contributed by atoms with Crippen LogP contribution in [0.2, 0.25) is 0 Å². The minimum atomic E-state index is -0.856. The highest BCUT2D eigenvalue weighted by Crippen LogP contribution is 2.11. The summed E-state index contributed by atoms with van der Waals surface area (Å²) in [6.07, 6.45) is 3.42. The summed E-state index contributed by atoms with van der Waals surface area (Å²) in [5.41, 5.74) is 0. The van der Waals surface area contributed by atoms with E-state index in [0.29, 0.717) is 12.3 Å². The van der Waals surface area contributed by atoms with Crippen LogP contribution in [0.1, 0.15) is 33.6 Å². The number of carboxylic acid groups (broad SMARTS) is 1. The zero-order valence-electron chi connectivity index (χ0n) is 12.2. The van der Waals surface area contributed by atoms with Gasteiger partial charge in [-0.1, -0.05) is 20.8 Å². The molecule has 0 saturated heterocycles. The lowest BCUT2D eigenvalue weighted by Gasteiger charge is -2.19. The highest BCUT2D eigenvalue weighted by Gasteiger charge is 2.20. The maximum atomic E-state index is 11.7. The number of thioether (sulfide) groups is 1. The van der Waals surface area contributed by atoms with Crippen LogP contribution in [0, 0.1) is 11.8 Å². The monoisotopic (exact) mass is 290 g/mol. The van der Waals surface area contributed by atoms with Gasteiger partial charge in [-0.05, 0) is 25.0 Å². The molecule has 0 saturated carbocycles. The molecule has 6 heteroatoms. The Labute approximate surface area is 119 Å². The second-order valence-corrected chi connectivity index (χ2v) is 5.99. The van der Waals surface area contributed by atoms with Crippen LogP contribution in [-0.4, -0.2) is 41.7 Å². The minimum Gasteiger partial charge on any atom is -0.481 e. The van der Waals surface area contributed by atoms with Gasteiger partial charge in [-0.15, -0.1) is 0 Å². The lowest BCUT2D eigenvalue weighted by atomic mass is 9.97. The SMILES string of the molecule is CCC(CSC)NC(=O)NCC(CC(C)C)C(=O)O. The maximum absolute atomic E-state index is 11.7. The van der Waals surface area contributed by atoms with Crippen molar-refractivity contribution < 1.29 is 14.7 Å². The fraction of sp³-hybridized carbons (Fsp3) is 0.846. The summed E-state index contributed by atoms with van der Waals surface area (Å²) in [4.78, 5) is 22.7. The third kappa shape index (κ3) is 8.75. The third-order valence-electron chi connectivity index (χ3n) is 2.81. The number of rotatable bonds is 9. The number of carbonyl (C=O) groups is 2. The first-order valence-corrected chi connectivity index (χ1v) is 8.06. The van der Waals surface area contributed by atoms with Crippen molar-refractivity contribution in [2.45, 2.75) is 39.7 Å². The molecule has 0 fully saturated rings. The van der Waals surface area contributed by atoms with Gasteiger partial charge in [0, 0.05) is 18.3 Å². The number of hydrogen-bond acceptors (Lipinski definition) is 3. The first-order chi connectivity index (χ1) is 8.90. The molecule has 2 amide bonds. The van der Waals surface area contributed by atoms with Crippen LogP contribution in [0.4, 0.5) is 4.79 Å². The fourth-order valence-corrected chi connectivity index (χ4v) is 2.48. The molecule has 3 N–H and O–H groups in total. The Morgan fingerprint density at radius 2 is 1.95 bits per heavy atom. The molecule has 2 unspecified atom stereocenters.